The summed E-state index contributed by atoms with van der Waals surface area (Å²) in [5.41, 5.74) is -0.300. The van der Waals surface area contributed by atoms with Crippen LogP contribution in [0, 0.1) is 5.41 Å². The van der Waals surface area contributed by atoms with Gasteiger partial charge in [-0.2, -0.15) is 0 Å². The van der Waals surface area contributed by atoms with Crippen molar-refractivity contribution >= 4 is 17.7 Å². The minimum atomic E-state index is -0.447. The first-order valence-corrected chi connectivity index (χ1v) is 8.53. The van der Waals surface area contributed by atoms with Gasteiger partial charge in [0.2, 0.25) is 0 Å². The molecule has 1 amide bonds. The van der Waals surface area contributed by atoms with Crippen molar-refractivity contribution in [3.05, 3.63) is 12.4 Å². The molecule has 3 heterocycles. The summed E-state index contributed by atoms with van der Waals surface area (Å²) < 4.78 is 5.51. The Kier molecular flexibility index (Phi) is 4.27. The highest BCUT2D eigenvalue weighted by molar-refractivity contribution is 5.68. The van der Waals surface area contributed by atoms with Gasteiger partial charge in [-0.15, -0.1) is 0 Å². The third kappa shape index (κ3) is 3.55. The summed E-state index contributed by atoms with van der Waals surface area (Å²) in [5.74, 6) is 1.67. The molecule has 1 atom stereocenters. The van der Waals surface area contributed by atoms with Crippen molar-refractivity contribution in [2.24, 2.45) is 5.41 Å². The lowest BCUT2D eigenvalue weighted by atomic mass is 9.86. The lowest BCUT2D eigenvalue weighted by molar-refractivity contribution is 0.0276. The maximum absolute atomic E-state index is 12.3. The van der Waals surface area contributed by atoms with Gasteiger partial charge < -0.3 is 19.9 Å². The molecule has 1 aromatic rings. The molecule has 2 saturated heterocycles. The van der Waals surface area contributed by atoms with E-state index in [1.807, 2.05) is 32.7 Å². The highest BCUT2D eigenvalue weighted by Gasteiger charge is 2.46. The Balaban J connectivity index is 1.64. The molecular formula is C17H27N5O2. The highest BCUT2D eigenvalue weighted by Crippen LogP contribution is 2.41. The van der Waals surface area contributed by atoms with Crippen LogP contribution in [-0.4, -0.2) is 59.8 Å². The van der Waals surface area contributed by atoms with Gasteiger partial charge in [0.05, 0.1) is 12.4 Å². The molecule has 7 nitrogen and oxygen atoms in total. The first-order chi connectivity index (χ1) is 11.3. The summed E-state index contributed by atoms with van der Waals surface area (Å²) in [6, 6.07) is 0. The molecule has 2 fully saturated rings. The van der Waals surface area contributed by atoms with Crippen molar-refractivity contribution in [3.8, 4) is 0 Å². The van der Waals surface area contributed by atoms with Gasteiger partial charge in [0.1, 0.15) is 17.2 Å². The fourth-order valence-electron chi connectivity index (χ4n) is 3.51. The molecule has 1 aromatic heterocycles. The standard InChI is InChI=1S/C17H27N5O2/c1-16(2,3)24-15(23)22-8-6-17(12-22)5-7-21(11-17)14-10-19-9-13(18-4)20-14/h9-10H,5-8,11-12H2,1-4H3,(H,18,20). The van der Waals surface area contributed by atoms with E-state index in [0.717, 1.165) is 50.7 Å². The van der Waals surface area contributed by atoms with Crippen molar-refractivity contribution in [1.29, 1.82) is 0 Å². The second-order valence-corrected chi connectivity index (χ2v) is 7.84. The quantitative estimate of drug-likeness (QED) is 0.896. The topological polar surface area (TPSA) is 70.6 Å². The Morgan fingerprint density at radius 1 is 1.25 bits per heavy atom. The normalized spacial score (nSPS) is 23.8. The number of hydrogen-bond acceptors (Lipinski definition) is 6. The van der Waals surface area contributed by atoms with Crippen molar-refractivity contribution in [2.75, 3.05) is 43.4 Å². The smallest absolute Gasteiger partial charge is 0.410 e. The summed E-state index contributed by atoms with van der Waals surface area (Å²) >= 11 is 0. The van der Waals surface area contributed by atoms with E-state index in [0.29, 0.717) is 0 Å². The SMILES string of the molecule is CNc1cncc(N2CCC3(CCN(C(=O)OC(C)(C)C)C3)C2)n1. The molecule has 1 unspecified atom stereocenters. The van der Waals surface area contributed by atoms with Gasteiger partial charge >= 0.3 is 6.09 Å². The third-order valence-electron chi connectivity index (χ3n) is 4.73. The van der Waals surface area contributed by atoms with Crippen molar-refractivity contribution in [1.82, 2.24) is 14.9 Å². The molecule has 0 aromatic carbocycles. The summed E-state index contributed by atoms with van der Waals surface area (Å²) in [6.45, 7) is 9.10. The first kappa shape index (κ1) is 16.8. The molecule has 1 N–H and O–H groups in total. The molecule has 0 bridgehead atoms. The van der Waals surface area contributed by atoms with Crippen molar-refractivity contribution in [2.45, 2.75) is 39.2 Å². The summed E-state index contributed by atoms with van der Waals surface area (Å²) in [6.07, 6.45) is 5.41. The van der Waals surface area contributed by atoms with Gasteiger partial charge in [0.25, 0.3) is 0 Å². The Labute approximate surface area is 143 Å². The number of likely N-dealkylation sites (tertiary alicyclic amines) is 1. The first-order valence-electron chi connectivity index (χ1n) is 8.53. The summed E-state index contributed by atoms with van der Waals surface area (Å²) in [5, 5.41) is 3.03. The summed E-state index contributed by atoms with van der Waals surface area (Å²) in [4.78, 5) is 25.2. The van der Waals surface area contributed by atoms with Gasteiger partial charge in [-0.1, -0.05) is 0 Å². The molecule has 3 rings (SSSR count). The molecular weight excluding hydrogens is 306 g/mol. The summed E-state index contributed by atoms with van der Waals surface area (Å²) in [7, 11) is 1.84. The van der Waals surface area contributed by atoms with Crippen LogP contribution in [0.5, 0.6) is 0 Å². The molecule has 2 aliphatic rings. The van der Waals surface area contributed by atoms with Crippen LogP contribution in [0.15, 0.2) is 12.4 Å². The number of ether oxygens (including phenoxy) is 1. The van der Waals surface area contributed by atoms with E-state index in [1.165, 1.54) is 0 Å². The monoisotopic (exact) mass is 333 g/mol. The molecule has 1 spiro atoms. The van der Waals surface area contributed by atoms with Crippen LogP contribution in [-0.2, 0) is 4.74 Å². The van der Waals surface area contributed by atoms with E-state index in [2.05, 4.69) is 20.2 Å². The fourth-order valence-corrected chi connectivity index (χ4v) is 3.51. The van der Waals surface area contributed by atoms with Crippen LogP contribution >= 0.6 is 0 Å². The lowest BCUT2D eigenvalue weighted by Gasteiger charge is -2.27. The van der Waals surface area contributed by atoms with E-state index < -0.39 is 5.60 Å². The van der Waals surface area contributed by atoms with Crippen LogP contribution < -0.4 is 10.2 Å². The van der Waals surface area contributed by atoms with E-state index in [9.17, 15) is 4.79 Å². The van der Waals surface area contributed by atoms with Gasteiger partial charge in [-0.05, 0) is 33.6 Å². The maximum atomic E-state index is 12.3. The average molecular weight is 333 g/mol. The van der Waals surface area contributed by atoms with Crippen LogP contribution in [0.25, 0.3) is 0 Å². The maximum Gasteiger partial charge on any atom is 0.410 e. The van der Waals surface area contributed by atoms with Crippen LogP contribution in [0.1, 0.15) is 33.6 Å². The zero-order chi connectivity index (χ0) is 17.4. The third-order valence-corrected chi connectivity index (χ3v) is 4.73. The molecule has 132 valence electrons. The Morgan fingerprint density at radius 3 is 2.71 bits per heavy atom. The molecule has 0 radical (unpaired) electrons. The molecule has 2 aliphatic heterocycles. The van der Waals surface area contributed by atoms with Gasteiger partial charge in [0, 0.05) is 38.6 Å². The number of amides is 1. The fraction of sp³-hybridized carbons (Fsp3) is 0.706. The Hall–Kier alpha value is -2.05. The number of carbonyl (C=O) groups is 1. The van der Waals surface area contributed by atoms with Crippen molar-refractivity contribution in [3.63, 3.8) is 0 Å². The largest absolute Gasteiger partial charge is 0.444 e. The van der Waals surface area contributed by atoms with Gasteiger partial charge in [-0.3, -0.25) is 4.98 Å². The van der Waals surface area contributed by atoms with E-state index >= 15 is 0 Å². The Bertz CT molecular complexity index is 615. The second-order valence-electron chi connectivity index (χ2n) is 7.84. The molecule has 7 heteroatoms. The zero-order valence-corrected chi connectivity index (χ0v) is 15.0. The second kappa shape index (κ2) is 6.11. The highest BCUT2D eigenvalue weighted by atomic mass is 16.6. The Morgan fingerprint density at radius 2 is 2.00 bits per heavy atom. The van der Waals surface area contributed by atoms with Crippen molar-refractivity contribution < 1.29 is 9.53 Å². The number of nitrogens with zero attached hydrogens (tertiary/aromatic N) is 4. The zero-order valence-electron chi connectivity index (χ0n) is 15.0. The number of rotatable bonds is 2. The van der Waals surface area contributed by atoms with Crippen LogP contribution in [0.2, 0.25) is 0 Å². The average Bonchev–Trinajstić information content (AvgIpc) is 3.14. The predicted octanol–water partition coefficient (Wildman–Crippen LogP) is 2.36. The minimum Gasteiger partial charge on any atom is -0.444 e. The lowest BCUT2D eigenvalue weighted by Crippen LogP contribution is -2.37. The molecule has 0 saturated carbocycles. The van der Waals surface area contributed by atoms with Gasteiger partial charge in [-0.25, -0.2) is 9.78 Å². The van der Waals surface area contributed by atoms with E-state index in [4.69, 9.17) is 4.74 Å². The predicted molar refractivity (Wildman–Crippen MR) is 93.3 cm³/mol. The van der Waals surface area contributed by atoms with Crippen LogP contribution in [0.3, 0.4) is 0 Å². The number of anilines is 2. The molecule has 24 heavy (non-hydrogen) atoms. The number of hydrogen-bond donors (Lipinski definition) is 1. The van der Waals surface area contributed by atoms with E-state index in [-0.39, 0.29) is 11.5 Å². The van der Waals surface area contributed by atoms with Gasteiger partial charge in [0.15, 0.2) is 0 Å². The number of aromatic nitrogens is 2. The van der Waals surface area contributed by atoms with Crippen LogP contribution in [0.4, 0.5) is 16.4 Å². The number of nitrogens with one attached hydrogen (secondary N) is 1. The minimum absolute atomic E-state index is 0.147. The number of carbonyl (C=O) groups excluding carboxylic acids is 1. The molecule has 0 aliphatic carbocycles. The van der Waals surface area contributed by atoms with E-state index in [1.54, 1.807) is 12.4 Å².